The summed E-state index contributed by atoms with van der Waals surface area (Å²) in [5, 5.41) is 8.52. The third-order valence-corrected chi connectivity index (χ3v) is 2.10. The molecule has 0 unspecified atom stereocenters. The van der Waals surface area contributed by atoms with Crippen LogP contribution in [0.15, 0.2) is 0 Å². The van der Waals surface area contributed by atoms with Gasteiger partial charge in [-0.15, -0.1) is 0 Å². The molecular formula is C22H40O10Zr. The summed E-state index contributed by atoms with van der Waals surface area (Å²) in [6.07, 6.45) is -0.310. The number of hydrogen-bond donors (Lipinski definition) is 1. The van der Waals surface area contributed by atoms with E-state index < -0.39 is 23.5 Å². The minimum atomic E-state index is -0.500. The molecule has 0 atom stereocenters. The van der Waals surface area contributed by atoms with Gasteiger partial charge in [-0.25, -0.2) is 0 Å². The maximum Gasteiger partial charge on any atom is 0.313 e. The molecule has 192 valence electrons. The van der Waals surface area contributed by atoms with Gasteiger partial charge in [-0.1, -0.05) is 0 Å². The molecule has 0 aliphatic heterocycles. The van der Waals surface area contributed by atoms with Crippen LogP contribution in [0, 0.1) is 0 Å². The summed E-state index contributed by atoms with van der Waals surface area (Å²) >= 11 is 0. The van der Waals surface area contributed by atoms with E-state index in [0.717, 1.165) is 0 Å². The normalized spacial score (nSPS) is 8.91. The van der Waals surface area contributed by atoms with E-state index in [9.17, 15) is 28.8 Å². The molecule has 1 N–H and O–H groups in total. The molecule has 0 saturated heterocycles. The molecule has 0 aliphatic rings. The van der Waals surface area contributed by atoms with Crippen LogP contribution in [0.5, 0.6) is 0 Å². The zero-order valence-electron chi connectivity index (χ0n) is 21.4. The first-order valence-electron chi connectivity index (χ1n) is 10.2. The first kappa shape index (κ1) is 41.5. The Morgan fingerprint density at radius 1 is 0.576 bits per heavy atom. The van der Waals surface area contributed by atoms with Crippen molar-refractivity contribution in [3.8, 4) is 0 Å². The van der Waals surface area contributed by atoms with Crippen LogP contribution in [0.4, 0.5) is 0 Å². The molecule has 0 aromatic carbocycles. The van der Waals surface area contributed by atoms with Gasteiger partial charge in [0.25, 0.3) is 0 Å². The van der Waals surface area contributed by atoms with Gasteiger partial charge < -0.3 is 19.3 Å². The molecule has 0 heterocycles. The summed E-state index contributed by atoms with van der Waals surface area (Å²) in [5.74, 6) is -1.80. The maximum atomic E-state index is 10.4. The van der Waals surface area contributed by atoms with Gasteiger partial charge in [0.1, 0.15) is 36.6 Å². The Morgan fingerprint density at radius 2 is 0.727 bits per heavy atom. The molecule has 0 bridgehead atoms. The smallest absolute Gasteiger partial charge is 0.313 e. The summed E-state index contributed by atoms with van der Waals surface area (Å²) in [6, 6.07) is 0. The van der Waals surface area contributed by atoms with Crippen LogP contribution in [-0.4, -0.2) is 65.8 Å². The average molecular weight is 556 g/mol. The topological polar surface area (TPSA) is 150 Å². The zero-order chi connectivity index (χ0) is 26.3. The van der Waals surface area contributed by atoms with Crippen molar-refractivity contribution < 1.29 is 74.3 Å². The summed E-state index contributed by atoms with van der Waals surface area (Å²) in [7, 11) is 0. The van der Waals surface area contributed by atoms with E-state index in [-0.39, 0.29) is 62.8 Å². The second-order valence-corrected chi connectivity index (χ2v) is 7.22. The van der Waals surface area contributed by atoms with Crippen LogP contribution in [0.25, 0.3) is 0 Å². The third-order valence-electron chi connectivity index (χ3n) is 2.10. The van der Waals surface area contributed by atoms with Crippen molar-refractivity contribution in [1.82, 2.24) is 0 Å². The van der Waals surface area contributed by atoms with Crippen LogP contribution in [0.2, 0.25) is 0 Å². The van der Waals surface area contributed by atoms with Crippen molar-refractivity contribution in [2.75, 3.05) is 19.8 Å². The Bertz CT molecular complexity index is 503. The minimum absolute atomic E-state index is 0. The van der Waals surface area contributed by atoms with E-state index in [1.165, 1.54) is 20.8 Å². The Balaban J connectivity index is -0.000000107. The van der Waals surface area contributed by atoms with E-state index >= 15 is 0 Å². The van der Waals surface area contributed by atoms with E-state index in [1.54, 1.807) is 41.5 Å². The van der Waals surface area contributed by atoms with Gasteiger partial charge in [-0.3, -0.25) is 28.8 Å². The number of ketones is 3. The number of ether oxygens (including phenoxy) is 3. The van der Waals surface area contributed by atoms with Gasteiger partial charge >= 0.3 is 17.9 Å². The molecule has 0 aromatic heterocycles. The fourth-order valence-corrected chi connectivity index (χ4v) is 1.25. The Kier molecular flexibility index (Phi) is 33.4. The molecule has 0 spiro atoms. The summed E-state index contributed by atoms with van der Waals surface area (Å²) < 4.78 is 13.5. The van der Waals surface area contributed by atoms with Gasteiger partial charge in [0.05, 0.1) is 25.4 Å². The van der Waals surface area contributed by atoms with Crippen molar-refractivity contribution in [2.24, 2.45) is 0 Å². The van der Waals surface area contributed by atoms with Crippen LogP contribution < -0.4 is 0 Å². The van der Waals surface area contributed by atoms with E-state index in [2.05, 4.69) is 14.2 Å². The number of Topliss-reactive ketones (excluding diaryl/α,β-unsaturated/α-hetero) is 3. The maximum absolute atomic E-state index is 10.4. The number of carbonyl (C=O) groups excluding carboxylic acids is 6. The van der Waals surface area contributed by atoms with E-state index in [0.29, 0.717) is 19.8 Å². The minimum Gasteiger partial charge on any atom is -0.466 e. The molecule has 0 rings (SSSR count). The Labute approximate surface area is 216 Å². The van der Waals surface area contributed by atoms with Crippen molar-refractivity contribution >= 4 is 35.3 Å². The molecule has 0 aliphatic carbocycles. The molecular weight excluding hydrogens is 515 g/mol. The number of aliphatic hydroxyl groups is 1. The average Bonchev–Trinajstić information content (AvgIpc) is 2.52. The van der Waals surface area contributed by atoms with Gasteiger partial charge in [0, 0.05) is 26.2 Å². The van der Waals surface area contributed by atoms with Gasteiger partial charge in [0.2, 0.25) is 0 Å². The van der Waals surface area contributed by atoms with Crippen LogP contribution >= 0.6 is 0 Å². The summed E-state index contributed by atoms with van der Waals surface area (Å²) in [6.45, 7) is 15.4. The van der Waals surface area contributed by atoms with Gasteiger partial charge in [-0.05, 0) is 62.3 Å². The molecule has 0 aromatic rings. The molecule has 33 heavy (non-hydrogen) atoms. The molecule has 0 saturated carbocycles. The fourth-order valence-electron chi connectivity index (χ4n) is 1.25. The second-order valence-electron chi connectivity index (χ2n) is 7.22. The molecule has 11 heteroatoms. The van der Waals surface area contributed by atoms with Gasteiger partial charge in [-0.2, -0.15) is 0 Å². The van der Waals surface area contributed by atoms with Crippen molar-refractivity contribution in [1.29, 1.82) is 0 Å². The summed E-state index contributed by atoms with van der Waals surface area (Å²) in [5.41, 5.74) is -0.500. The van der Waals surface area contributed by atoms with E-state index in [1.807, 2.05) is 0 Å². The van der Waals surface area contributed by atoms with Crippen LogP contribution in [0.3, 0.4) is 0 Å². The molecule has 0 radical (unpaired) electrons. The first-order valence-corrected chi connectivity index (χ1v) is 10.2. The predicted octanol–water partition coefficient (Wildman–Crippen LogP) is 2.36. The SMILES string of the molecule is CC(C)(C)O.CCOC(=O)CC(C)=O.CCOC(=O)CC(C)=O.CCOC(=O)CC(C)=O.[Zr]. The Morgan fingerprint density at radius 3 is 0.818 bits per heavy atom. The summed E-state index contributed by atoms with van der Waals surface area (Å²) in [4.78, 5) is 61.9. The molecule has 10 nitrogen and oxygen atoms in total. The molecule has 0 amide bonds. The monoisotopic (exact) mass is 554 g/mol. The zero-order valence-corrected chi connectivity index (χ0v) is 23.8. The van der Waals surface area contributed by atoms with Crippen molar-refractivity contribution in [3.05, 3.63) is 0 Å². The standard InChI is InChI=1S/3C6H10O3.C4H10O.Zr/c3*1-3-9-6(8)4-5(2)7;1-4(2,3)5;/h3*3-4H2,1-2H3;5H,1-3H3;. The van der Waals surface area contributed by atoms with Gasteiger partial charge in [0.15, 0.2) is 0 Å². The number of hydrogen-bond acceptors (Lipinski definition) is 10. The van der Waals surface area contributed by atoms with Crippen molar-refractivity contribution in [3.63, 3.8) is 0 Å². The Hall–Kier alpha value is -1.74. The fraction of sp³-hybridized carbons (Fsp3) is 0.727. The van der Waals surface area contributed by atoms with E-state index in [4.69, 9.17) is 5.11 Å². The van der Waals surface area contributed by atoms with Crippen LogP contribution in [0.1, 0.15) is 81.6 Å². The third kappa shape index (κ3) is 65.1. The predicted molar refractivity (Wildman–Crippen MR) is 118 cm³/mol. The van der Waals surface area contributed by atoms with Crippen molar-refractivity contribution in [2.45, 2.75) is 87.2 Å². The second kappa shape index (κ2) is 26.5. The number of carbonyl (C=O) groups is 6. The number of rotatable bonds is 9. The first-order chi connectivity index (χ1) is 14.5. The number of esters is 3. The molecule has 0 fully saturated rings. The van der Waals surface area contributed by atoms with Crippen LogP contribution in [-0.2, 0) is 69.2 Å². The quantitative estimate of drug-likeness (QED) is 0.255. The largest absolute Gasteiger partial charge is 0.466 e.